The fourth-order valence-electron chi connectivity index (χ4n) is 1.75. The molecule has 1 aromatic carbocycles. The highest BCUT2D eigenvalue weighted by Crippen LogP contribution is 2.13. The van der Waals surface area contributed by atoms with Gasteiger partial charge in [-0.3, -0.25) is 9.78 Å². The molecule has 0 aliphatic heterocycles. The first kappa shape index (κ1) is 14.8. The lowest BCUT2D eigenvalue weighted by atomic mass is 10.1. The molecule has 1 aromatic heterocycles. The summed E-state index contributed by atoms with van der Waals surface area (Å²) >= 11 is 0. The monoisotopic (exact) mass is 280 g/mol. The molecule has 0 radical (unpaired) electrons. The standard InChI is InChI=1S/C17H16N2O2/c1-13-8-9-18-12-16(13)19-17(21)15-7-4-6-14(11-15)5-2-3-10-20/h4,6-9,11-12,20H,3,10H2,1H3,(H,19,21). The molecule has 0 aliphatic rings. The summed E-state index contributed by atoms with van der Waals surface area (Å²) in [5.41, 5.74) is 2.93. The van der Waals surface area contributed by atoms with Crippen molar-refractivity contribution in [2.24, 2.45) is 0 Å². The Morgan fingerprint density at radius 1 is 1.38 bits per heavy atom. The smallest absolute Gasteiger partial charge is 0.255 e. The fraction of sp³-hybridized carbons (Fsp3) is 0.176. The molecule has 0 bridgehead atoms. The first-order valence-electron chi connectivity index (χ1n) is 6.62. The summed E-state index contributed by atoms with van der Waals surface area (Å²) in [6, 6.07) is 8.92. The summed E-state index contributed by atoms with van der Waals surface area (Å²) in [6.07, 6.45) is 3.73. The predicted molar refractivity (Wildman–Crippen MR) is 82.0 cm³/mol. The van der Waals surface area contributed by atoms with Crippen LogP contribution in [-0.4, -0.2) is 22.6 Å². The Hall–Kier alpha value is -2.64. The third kappa shape index (κ3) is 4.16. The Labute approximate surface area is 123 Å². The van der Waals surface area contributed by atoms with Gasteiger partial charge in [-0.15, -0.1) is 0 Å². The highest BCUT2D eigenvalue weighted by Gasteiger charge is 2.07. The minimum Gasteiger partial charge on any atom is -0.395 e. The number of amides is 1. The van der Waals surface area contributed by atoms with Crippen molar-refractivity contribution >= 4 is 11.6 Å². The summed E-state index contributed by atoms with van der Waals surface area (Å²) in [6.45, 7) is 1.95. The van der Waals surface area contributed by atoms with Crippen molar-refractivity contribution < 1.29 is 9.90 Å². The Kier molecular flexibility index (Phi) is 5.08. The molecule has 0 atom stereocenters. The van der Waals surface area contributed by atoms with Crippen LogP contribution in [0.25, 0.3) is 0 Å². The molecule has 0 saturated heterocycles. The number of aryl methyl sites for hydroxylation is 1. The van der Waals surface area contributed by atoms with E-state index in [4.69, 9.17) is 5.11 Å². The van der Waals surface area contributed by atoms with Crippen LogP contribution in [0.4, 0.5) is 5.69 Å². The minimum atomic E-state index is -0.197. The minimum absolute atomic E-state index is 0.0352. The van der Waals surface area contributed by atoms with Gasteiger partial charge in [-0.2, -0.15) is 0 Å². The molecule has 0 aliphatic carbocycles. The van der Waals surface area contributed by atoms with E-state index in [-0.39, 0.29) is 12.5 Å². The van der Waals surface area contributed by atoms with E-state index in [1.807, 2.05) is 19.1 Å². The molecule has 4 nitrogen and oxygen atoms in total. The van der Waals surface area contributed by atoms with Crippen LogP contribution in [0.1, 0.15) is 27.9 Å². The third-order valence-corrected chi connectivity index (χ3v) is 2.88. The molecular formula is C17H16N2O2. The summed E-state index contributed by atoms with van der Waals surface area (Å²) in [5, 5.41) is 11.5. The van der Waals surface area contributed by atoms with Gasteiger partial charge in [0, 0.05) is 23.7 Å². The maximum absolute atomic E-state index is 12.2. The molecule has 21 heavy (non-hydrogen) atoms. The largest absolute Gasteiger partial charge is 0.395 e. The number of rotatable bonds is 3. The Bertz CT molecular complexity index is 699. The SMILES string of the molecule is Cc1ccncc1NC(=O)c1cccc(C#CCCO)c1. The Morgan fingerprint density at radius 3 is 3.00 bits per heavy atom. The zero-order valence-electron chi connectivity index (χ0n) is 11.8. The van der Waals surface area contributed by atoms with Gasteiger partial charge in [0.25, 0.3) is 5.91 Å². The van der Waals surface area contributed by atoms with Crippen molar-refractivity contribution in [3.63, 3.8) is 0 Å². The third-order valence-electron chi connectivity index (χ3n) is 2.88. The molecule has 2 rings (SSSR count). The molecule has 0 spiro atoms. The highest BCUT2D eigenvalue weighted by molar-refractivity contribution is 6.04. The summed E-state index contributed by atoms with van der Waals surface area (Å²) in [5.74, 6) is 5.55. The molecule has 2 N–H and O–H groups in total. The maximum atomic E-state index is 12.2. The fourth-order valence-corrected chi connectivity index (χ4v) is 1.75. The van der Waals surface area contributed by atoms with Gasteiger partial charge in [0.2, 0.25) is 0 Å². The van der Waals surface area contributed by atoms with Crippen molar-refractivity contribution in [3.8, 4) is 11.8 Å². The molecule has 1 heterocycles. The molecule has 106 valence electrons. The number of carbonyl (C=O) groups excluding carboxylic acids is 1. The average molecular weight is 280 g/mol. The van der Waals surface area contributed by atoms with Gasteiger partial charge in [0.1, 0.15) is 0 Å². The molecule has 1 amide bonds. The van der Waals surface area contributed by atoms with Gasteiger partial charge >= 0.3 is 0 Å². The zero-order chi connectivity index (χ0) is 15.1. The second-order valence-corrected chi connectivity index (χ2v) is 4.50. The molecule has 0 unspecified atom stereocenters. The van der Waals surface area contributed by atoms with E-state index in [1.165, 1.54) is 0 Å². The van der Waals surface area contributed by atoms with Crippen molar-refractivity contribution in [1.29, 1.82) is 0 Å². The van der Waals surface area contributed by atoms with E-state index in [9.17, 15) is 4.79 Å². The van der Waals surface area contributed by atoms with Gasteiger partial charge in [0.05, 0.1) is 18.5 Å². The van der Waals surface area contributed by atoms with E-state index in [0.29, 0.717) is 17.7 Å². The Morgan fingerprint density at radius 2 is 2.24 bits per heavy atom. The maximum Gasteiger partial charge on any atom is 0.255 e. The van der Waals surface area contributed by atoms with Crippen LogP contribution >= 0.6 is 0 Å². The number of aromatic nitrogens is 1. The molecule has 0 fully saturated rings. The van der Waals surface area contributed by atoms with E-state index in [1.54, 1.807) is 30.6 Å². The lowest BCUT2D eigenvalue weighted by molar-refractivity contribution is 0.102. The lowest BCUT2D eigenvalue weighted by Crippen LogP contribution is -2.13. The number of hydrogen-bond acceptors (Lipinski definition) is 3. The normalized spacial score (nSPS) is 9.62. The van der Waals surface area contributed by atoms with Crippen LogP contribution in [0, 0.1) is 18.8 Å². The first-order chi connectivity index (χ1) is 10.2. The number of aliphatic hydroxyl groups is 1. The van der Waals surface area contributed by atoms with Crippen LogP contribution in [0.2, 0.25) is 0 Å². The Balaban J connectivity index is 2.15. The van der Waals surface area contributed by atoms with Gasteiger partial charge in [-0.05, 0) is 36.8 Å². The second kappa shape index (κ2) is 7.22. The van der Waals surface area contributed by atoms with E-state index >= 15 is 0 Å². The van der Waals surface area contributed by atoms with Crippen molar-refractivity contribution in [2.45, 2.75) is 13.3 Å². The number of nitrogens with one attached hydrogen (secondary N) is 1. The van der Waals surface area contributed by atoms with E-state index in [2.05, 4.69) is 22.1 Å². The van der Waals surface area contributed by atoms with Gasteiger partial charge in [-0.1, -0.05) is 17.9 Å². The van der Waals surface area contributed by atoms with Crippen LogP contribution < -0.4 is 5.32 Å². The van der Waals surface area contributed by atoms with E-state index < -0.39 is 0 Å². The van der Waals surface area contributed by atoms with Crippen LogP contribution in [0.5, 0.6) is 0 Å². The molecular weight excluding hydrogens is 264 g/mol. The van der Waals surface area contributed by atoms with Crippen molar-refractivity contribution in [2.75, 3.05) is 11.9 Å². The number of hydrogen-bond donors (Lipinski definition) is 2. The van der Waals surface area contributed by atoms with Crippen LogP contribution in [-0.2, 0) is 0 Å². The predicted octanol–water partition coefficient (Wildman–Crippen LogP) is 2.38. The molecule has 2 aromatic rings. The number of carbonyl (C=O) groups is 1. The zero-order valence-corrected chi connectivity index (χ0v) is 11.8. The highest BCUT2D eigenvalue weighted by atomic mass is 16.2. The number of pyridine rings is 1. The average Bonchev–Trinajstić information content (AvgIpc) is 2.50. The van der Waals surface area contributed by atoms with Crippen LogP contribution in [0.15, 0.2) is 42.7 Å². The quantitative estimate of drug-likeness (QED) is 0.849. The van der Waals surface area contributed by atoms with E-state index in [0.717, 1.165) is 11.1 Å². The number of nitrogens with zero attached hydrogens (tertiary/aromatic N) is 1. The van der Waals surface area contributed by atoms with Crippen LogP contribution in [0.3, 0.4) is 0 Å². The summed E-state index contributed by atoms with van der Waals surface area (Å²) in [7, 11) is 0. The molecule has 4 heteroatoms. The molecule has 0 saturated carbocycles. The first-order valence-corrected chi connectivity index (χ1v) is 6.62. The topological polar surface area (TPSA) is 62.2 Å². The number of benzene rings is 1. The van der Waals surface area contributed by atoms with Gasteiger partial charge in [0.15, 0.2) is 0 Å². The summed E-state index contributed by atoms with van der Waals surface area (Å²) in [4.78, 5) is 16.2. The van der Waals surface area contributed by atoms with Crippen molar-refractivity contribution in [3.05, 3.63) is 59.4 Å². The van der Waals surface area contributed by atoms with Crippen molar-refractivity contribution in [1.82, 2.24) is 4.98 Å². The summed E-state index contributed by atoms with van der Waals surface area (Å²) < 4.78 is 0. The van der Waals surface area contributed by atoms with Gasteiger partial charge < -0.3 is 10.4 Å². The lowest BCUT2D eigenvalue weighted by Gasteiger charge is -2.07. The second-order valence-electron chi connectivity index (χ2n) is 4.50. The van der Waals surface area contributed by atoms with Gasteiger partial charge in [-0.25, -0.2) is 0 Å². The number of aliphatic hydroxyl groups excluding tert-OH is 1. The number of anilines is 1.